The second kappa shape index (κ2) is 10.3. The lowest BCUT2D eigenvalue weighted by atomic mass is 9.90. The molecule has 2 aromatic rings. The van der Waals surface area contributed by atoms with Gasteiger partial charge in [-0.2, -0.15) is 5.10 Å². The maximum Gasteiger partial charge on any atom is 0.225 e. The fourth-order valence-electron chi connectivity index (χ4n) is 3.18. The maximum atomic E-state index is 6.01. The lowest BCUT2D eigenvalue weighted by molar-refractivity contribution is 0.125. The third-order valence-corrected chi connectivity index (χ3v) is 6.54. The van der Waals surface area contributed by atoms with Crippen molar-refractivity contribution >= 4 is 59.0 Å². The molecule has 158 valence electrons. The number of rotatable bonds is 6. The van der Waals surface area contributed by atoms with E-state index in [1.54, 1.807) is 0 Å². The van der Waals surface area contributed by atoms with E-state index in [2.05, 4.69) is 4.72 Å². The van der Waals surface area contributed by atoms with E-state index >= 15 is 0 Å². The highest BCUT2D eigenvalue weighted by atomic mass is 35.5. The highest BCUT2D eigenvalue weighted by Gasteiger charge is 2.31. The Kier molecular flexibility index (Phi) is 7.45. The first-order valence-corrected chi connectivity index (χ1v) is 11.9. The minimum atomic E-state index is 0.158. The van der Waals surface area contributed by atoms with Crippen LogP contribution in [-0.4, -0.2) is 35.4 Å². The molecule has 2 aromatic carbocycles. The van der Waals surface area contributed by atoms with Gasteiger partial charge in [-0.05, 0) is 66.8 Å². The number of aliphatic imine (C=N–C) groups is 1. The van der Waals surface area contributed by atoms with Crippen LogP contribution in [0.15, 0.2) is 63.5 Å². The first-order valence-electron chi connectivity index (χ1n) is 9.50. The average Bonchev–Trinajstić information content (AvgIpc) is 3.21. The zero-order valence-electron chi connectivity index (χ0n) is 16.0. The summed E-state index contributed by atoms with van der Waals surface area (Å²) >= 11 is 14.4. The molecule has 1 aliphatic carbocycles. The molecule has 30 heavy (non-hydrogen) atoms. The SMILES string of the molecule is NSOC1CC(N=C(NSc2ccc(Cl)cc2)N2CCC(c3ccc(Cl)cc3)=N2)C1. The number of halogens is 2. The normalized spacial score (nSPS) is 21.4. The Balaban J connectivity index is 1.48. The van der Waals surface area contributed by atoms with Crippen LogP contribution in [0.2, 0.25) is 10.0 Å². The molecular formula is C20H21Cl2N5OS2. The highest BCUT2D eigenvalue weighted by Crippen LogP contribution is 2.29. The molecule has 0 spiro atoms. The first-order chi connectivity index (χ1) is 14.6. The van der Waals surface area contributed by atoms with E-state index in [0.29, 0.717) is 5.02 Å². The topological polar surface area (TPSA) is 75.2 Å². The molecular weight excluding hydrogens is 461 g/mol. The molecule has 1 aliphatic heterocycles. The Labute approximate surface area is 194 Å². The summed E-state index contributed by atoms with van der Waals surface area (Å²) in [6.45, 7) is 0.760. The highest BCUT2D eigenvalue weighted by molar-refractivity contribution is 7.98. The Morgan fingerprint density at radius 2 is 1.77 bits per heavy atom. The van der Waals surface area contributed by atoms with Crippen LogP contribution in [0, 0.1) is 0 Å². The van der Waals surface area contributed by atoms with Crippen LogP contribution in [0.3, 0.4) is 0 Å². The number of nitrogens with one attached hydrogen (secondary N) is 1. The number of nitrogens with two attached hydrogens (primary N) is 1. The van der Waals surface area contributed by atoms with E-state index in [-0.39, 0.29) is 12.1 Å². The first kappa shape index (κ1) is 21.8. The second-order valence-electron chi connectivity index (χ2n) is 6.98. The predicted molar refractivity (Wildman–Crippen MR) is 127 cm³/mol. The van der Waals surface area contributed by atoms with Crippen LogP contribution in [0.1, 0.15) is 24.8 Å². The number of benzene rings is 2. The second-order valence-corrected chi connectivity index (χ2v) is 9.11. The molecule has 3 N–H and O–H groups in total. The third kappa shape index (κ3) is 5.63. The number of nitrogens with zero attached hydrogens (tertiary/aromatic N) is 3. The van der Waals surface area contributed by atoms with E-state index in [4.69, 9.17) is 42.6 Å². The molecule has 0 atom stereocenters. The molecule has 0 aromatic heterocycles. The van der Waals surface area contributed by atoms with Gasteiger partial charge in [-0.15, -0.1) is 0 Å². The lowest BCUT2D eigenvalue weighted by Crippen LogP contribution is -2.39. The van der Waals surface area contributed by atoms with Crippen LogP contribution in [0.25, 0.3) is 0 Å². The van der Waals surface area contributed by atoms with Crippen molar-refractivity contribution in [1.82, 2.24) is 9.73 Å². The number of hydrogen-bond acceptors (Lipinski definition) is 6. The van der Waals surface area contributed by atoms with Gasteiger partial charge in [0.1, 0.15) is 0 Å². The zero-order chi connectivity index (χ0) is 20.9. The van der Waals surface area contributed by atoms with Gasteiger partial charge in [0.15, 0.2) is 0 Å². The third-order valence-electron chi connectivity index (χ3n) is 4.86. The van der Waals surface area contributed by atoms with Crippen LogP contribution >= 0.6 is 47.4 Å². The summed E-state index contributed by atoms with van der Waals surface area (Å²) in [5.41, 5.74) is 2.09. The van der Waals surface area contributed by atoms with Crippen LogP contribution in [0.5, 0.6) is 0 Å². The summed E-state index contributed by atoms with van der Waals surface area (Å²) in [6.07, 6.45) is 2.70. The van der Waals surface area contributed by atoms with E-state index in [0.717, 1.165) is 65.2 Å². The fraction of sp³-hybridized carbons (Fsp3) is 0.300. The Bertz CT molecular complexity index is 918. The smallest absolute Gasteiger partial charge is 0.225 e. The Morgan fingerprint density at radius 1 is 1.10 bits per heavy atom. The van der Waals surface area contributed by atoms with Gasteiger partial charge in [0, 0.05) is 21.4 Å². The van der Waals surface area contributed by atoms with E-state index < -0.39 is 0 Å². The van der Waals surface area contributed by atoms with Gasteiger partial charge in [-0.1, -0.05) is 35.3 Å². The van der Waals surface area contributed by atoms with Crippen molar-refractivity contribution in [3.8, 4) is 0 Å². The predicted octanol–water partition coefficient (Wildman–Crippen LogP) is 5.13. The van der Waals surface area contributed by atoms with Crippen molar-refractivity contribution in [1.29, 1.82) is 0 Å². The average molecular weight is 482 g/mol. The van der Waals surface area contributed by atoms with Crippen molar-refractivity contribution < 1.29 is 4.18 Å². The maximum absolute atomic E-state index is 6.01. The van der Waals surface area contributed by atoms with Crippen molar-refractivity contribution in [2.24, 2.45) is 15.2 Å². The molecule has 10 heteroatoms. The van der Waals surface area contributed by atoms with E-state index in [9.17, 15) is 0 Å². The van der Waals surface area contributed by atoms with Crippen LogP contribution in [-0.2, 0) is 4.18 Å². The number of hydrazone groups is 1. The van der Waals surface area contributed by atoms with Gasteiger partial charge < -0.3 is 0 Å². The number of guanidine groups is 1. The lowest BCUT2D eigenvalue weighted by Gasteiger charge is -2.32. The van der Waals surface area contributed by atoms with Gasteiger partial charge in [0.05, 0.1) is 36.6 Å². The monoisotopic (exact) mass is 481 g/mol. The Hall–Kier alpha value is -1.42. The standard InChI is InChI=1S/C20H21Cl2N5OS2/c21-14-3-1-13(2-4-14)19-9-10-27(25-19)20(24-16-11-17(12-16)28-30-23)26-29-18-7-5-15(22)6-8-18/h1-8,16-17H,9-12,23H2,(H,24,26). The van der Waals surface area contributed by atoms with E-state index in [1.165, 1.54) is 11.9 Å². The summed E-state index contributed by atoms with van der Waals surface area (Å²) in [5, 5.41) is 13.6. The largest absolute Gasteiger partial charge is 0.298 e. The fourth-order valence-corrected chi connectivity index (χ4v) is 4.39. The van der Waals surface area contributed by atoms with Crippen molar-refractivity contribution in [3.05, 3.63) is 64.1 Å². The van der Waals surface area contributed by atoms with Crippen molar-refractivity contribution in [2.75, 3.05) is 6.54 Å². The zero-order valence-corrected chi connectivity index (χ0v) is 19.1. The van der Waals surface area contributed by atoms with E-state index in [1.807, 2.05) is 53.5 Å². The summed E-state index contributed by atoms with van der Waals surface area (Å²) in [4.78, 5) is 5.94. The van der Waals surface area contributed by atoms with Gasteiger partial charge in [-0.3, -0.25) is 14.0 Å². The molecule has 0 saturated heterocycles. The number of hydrogen-bond donors (Lipinski definition) is 2. The minimum absolute atomic E-state index is 0.158. The molecule has 0 radical (unpaired) electrons. The summed E-state index contributed by atoms with van der Waals surface area (Å²) in [5.74, 6) is 0.739. The van der Waals surface area contributed by atoms with Gasteiger partial charge in [0.2, 0.25) is 5.96 Å². The van der Waals surface area contributed by atoms with Crippen molar-refractivity contribution in [3.63, 3.8) is 0 Å². The molecule has 4 rings (SSSR count). The molecule has 2 aliphatic rings. The summed E-state index contributed by atoms with van der Waals surface area (Å²) in [7, 11) is 0. The quantitative estimate of drug-likeness (QED) is 0.258. The molecule has 1 heterocycles. The molecule has 6 nitrogen and oxygen atoms in total. The Morgan fingerprint density at radius 3 is 2.43 bits per heavy atom. The van der Waals surface area contributed by atoms with Crippen LogP contribution in [0.4, 0.5) is 0 Å². The summed E-state index contributed by atoms with van der Waals surface area (Å²) < 4.78 is 8.75. The molecule has 0 unspecified atom stereocenters. The molecule has 0 bridgehead atoms. The minimum Gasteiger partial charge on any atom is -0.298 e. The molecule has 0 amide bonds. The molecule has 1 saturated carbocycles. The van der Waals surface area contributed by atoms with Gasteiger partial charge in [-0.25, -0.2) is 10.0 Å². The summed E-state index contributed by atoms with van der Waals surface area (Å²) in [6, 6.07) is 15.6. The van der Waals surface area contributed by atoms with Gasteiger partial charge in [0.25, 0.3) is 0 Å². The van der Waals surface area contributed by atoms with Crippen LogP contribution < -0.4 is 9.86 Å². The molecule has 1 fully saturated rings. The van der Waals surface area contributed by atoms with Crippen molar-refractivity contribution in [2.45, 2.75) is 36.3 Å². The van der Waals surface area contributed by atoms with Gasteiger partial charge >= 0.3 is 0 Å².